The first-order valence-corrected chi connectivity index (χ1v) is 5.47. The fourth-order valence-corrected chi connectivity index (χ4v) is 1.93. The van der Waals surface area contributed by atoms with Crippen LogP contribution in [-0.4, -0.2) is 29.4 Å². The van der Waals surface area contributed by atoms with Crippen molar-refractivity contribution in [3.8, 4) is 0 Å². The van der Waals surface area contributed by atoms with Gasteiger partial charge in [0.15, 0.2) is 5.54 Å². The van der Waals surface area contributed by atoms with Crippen LogP contribution in [0.3, 0.4) is 0 Å². The second kappa shape index (κ2) is 4.94. The van der Waals surface area contributed by atoms with Gasteiger partial charge < -0.3 is 10.0 Å². The molecule has 0 radical (unpaired) electrons. The molecule has 1 atom stereocenters. The van der Waals surface area contributed by atoms with E-state index in [-0.39, 0.29) is 15.6 Å². The van der Waals surface area contributed by atoms with Crippen molar-refractivity contribution in [1.29, 1.82) is 0 Å². The SMILES string of the molecule is CN(C=O)C(C)(C(=O)O)c1cccc(Cl)c1Cl. The fraction of sp³-hybridized carbons (Fsp3) is 0.273. The molecule has 0 saturated carbocycles. The molecule has 0 bridgehead atoms. The molecule has 1 aromatic rings. The van der Waals surface area contributed by atoms with Gasteiger partial charge >= 0.3 is 5.97 Å². The Balaban J connectivity index is 3.48. The summed E-state index contributed by atoms with van der Waals surface area (Å²) in [7, 11) is 1.37. The van der Waals surface area contributed by atoms with Crippen molar-refractivity contribution in [3.63, 3.8) is 0 Å². The number of rotatable bonds is 4. The molecule has 0 aliphatic rings. The van der Waals surface area contributed by atoms with Gasteiger partial charge in [0.25, 0.3) is 0 Å². The van der Waals surface area contributed by atoms with Crippen LogP contribution >= 0.6 is 23.2 Å². The summed E-state index contributed by atoms with van der Waals surface area (Å²) in [5.41, 5.74) is -1.28. The second-order valence-corrected chi connectivity index (χ2v) is 4.48. The third-order valence-corrected chi connectivity index (χ3v) is 3.57. The molecule has 17 heavy (non-hydrogen) atoms. The summed E-state index contributed by atoms with van der Waals surface area (Å²) >= 11 is 11.8. The van der Waals surface area contributed by atoms with Crippen molar-refractivity contribution in [2.45, 2.75) is 12.5 Å². The van der Waals surface area contributed by atoms with Crippen molar-refractivity contribution < 1.29 is 14.7 Å². The maximum Gasteiger partial charge on any atom is 0.334 e. The van der Waals surface area contributed by atoms with E-state index in [4.69, 9.17) is 23.2 Å². The number of hydrogen-bond acceptors (Lipinski definition) is 2. The number of amides is 1. The molecule has 6 heteroatoms. The number of nitrogens with zero attached hydrogens (tertiary/aromatic N) is 1. The lowest BCUT2D eigenvalue weighted by Crippen LogP contribution is -2.47. The molecule has 0 saturated heterocycles. The largest absolute Gasteiger partial charge is 0.479 e. The van der Waals surface area contributed by atoms with E-state index < -0.39 is 11.5 Å². The molecule has 0 aliphatic carbocycles. The van der Waals surface area contributed by atoms with E-state index in [9.17, 15) is 14.7 Å². The van der Waals surface area contributed by atoms with E-state index in [1.54, 1.807) is 12.1 Å². The predicted molar refractivity (Wildman–Crippen MR) is 65.3 cm³/mol. The number of benzene rings is 1. The van der Waals surface area contributed by atoms with Crippen LogP contribution in [0.15, 0.2) is 18.2 Å². The predicted octanol–water partition coefficient (Wildman–Crippen LogP) is 2.38. The average molecular weight is 276 g/mol. The van der Waals surface area contributed by atoms with Crippen LogP contribution in [0.1, 0.15) is 12.5 Å². The van der Waals surface area contributed by atoms with Crippen LogP contribution < -0.4 is 0 Å². The number of carbonyl (C=O) groups excluding carboxylic acids is 1. The van der Waals surface area contributed by atoms with Gasteiger partial charge in [-0.2, -0.15) is 0 Å². The van der Waals surface area contributed by atoms with Crippen molar-refractivity contribution in [2.24, 2.45) is 0 Å². The first-order chi connectivity index (χ1) is 7.85. The summed E-state index contributed by atoms with van der Waals surface area (Å²) in [4.78, 5) is 23.2. The summed E-state index contributed by atoms with van der Waals surface area (Å²) in [5, 5.41) is 9.68. The number of halogens is 2. The highest BCUT2D eigenvalue weighted by Gasteiger charge is 2.41. The Morgan fingerprint density at radius 2 is 2.06 bits per heavy atom. The lowest BCUT2D eigenvalue weighted by Gasteiger charge is -2.33. The quantitative estimate of drug-likeness (QED) is 0.859. The van der Waals surface area contributed by atoms with Gasteiger partial charge in [0.05, 0.1) is 10.0 Å². The number of carbonyl (C=O) groups is 2. The van der Waals surface area contributed by atoms with Crippen molar-refractivity contribution in [2.75, 3.05) is 7.05 Å². The zero-order valence-electron chi connectivity index (χ0n) is 9.28. The molecular formula is C11H11Cl2NO3. The Labute approximate surface area is 109 Å². The number of carboxylic acid groups (broad SMARTS) is 1. The van der Waals surface area contributed by atoms with Crippen LogP contribution in [0.4, 0.5) is 0 Å². The van der Waals surface area contributed by atoms with Gasteiger partial charge in [0.2, 0.25) is 6.41 Å². The summed E-state index contributed by atoms with van der Waals surface area (Å²) < 4.78 is 0. The van der Waals surface area contributed by atoms with Gasteiger partial charge in [-0.25, -0.2) is 4.79 Å². The van der Waals surface area contributed by atoms with E-state index >= 15 is 0 Å². The smallest absolute Gasteiger partial charge is 0.334 e. The van der Waals surface area contributed by atoms with Crippen LogP contribution in [0.2, 0.25) is 10.0 Å². The van der Waals surface area contributed by atoms with E-state index in [1.807, 2.05) is 0 Å². The maximum absolute atomic E-state index is 11.4. The normalized spacial score (nSPS) is 13.9. The van der Waals surface area contributed by atoms with Crippen LogP contribution in [0.5, 0.6) is 0 Å². The number of hydrogen-bond donors (Lipinski definition) is 1. The van der Waals surface area contributed by atoms with Gasteiger partial charge in [-0.3, -0.25) is 4.79 Å². The Morgan fingerprint density at radius 1 is 1.47 bits per heavy atom. The highest BCUT2D eigenvalue weighted by Crippen LogP contribution is 2.36. The van der Waals surface area contributed by atoms with Crippen molar-refractivity contribution >= 4 is 35.6 Å². The topological polar surface area (TPSA) is 57.6 Å². The molecule has 0 aliphatic heterocycles. The molecule has 1 amide bonds. The lowest BCUT2D eigenvalue weighted by molar-refractivity contribution is -0.153. The minimum Gasteiger partial charge on any atom is -0.479 e. The van der Waals surface area contributed by atoms with E-state index in [0.29, 0.717) is 6.41 Å². The van der Waals surface area contributed by atoms with Gasteiger partial charge in [-0.15, -0.1) is 0 Å². The fourth-order valence-electron chi connectivity index (χ4n) is 1.44. The Bertz CT molecular complexity index is 464. The molecule has 92 valence electrons. The van der Waals surface area contributed by atoms with Gasteiger partial charge in [0, 0.05) is 12.6 Å². The highest BCUT2D eigenvalue weighted by molar-refractivity contribution is 6.42. The number of likely N-dealkylation sites (N-methyl/N-ethyl adjacent to an activating group) is 1. The van der Waals surface area contributed by atoms with E-state index in [0.717, 1.165) is 4.90 Å². The van der Waals surface area contributed by atoms with Crippen LogP contribution in [0, 0.1) is 0 Å². The first-order valence-electron chi connectivity index (χ1n) is 4.71. The summed E-state index contributed by atoms with van der Waals surface area (Å²) in [6.45, 7) is 1.39. The maximum atomic E-state index is 11.4. The zero-order valence-corrected chi connectivity index (χ0v) is 10.8. The first kappa shape index (κ1) is 13.8. The van der Waals surface area contributed by atoms with Crippen LogP contribution in [-0.2, 0) is 15.1 Å². The minimum absolute atomic E-state index is 0.132. The zero-order chi connectivity index (χ0) is 13.2. The molecule has 1 rings (SSSR count). The molecule has 1 aromatic carbocycles. The molecule has 1 N–H and O–H groups in total. The molecule has 0 aromatic heterocycles. The van der Waals surface area contributed by atoms with Gasteiger partial charge in [0.1, 0.15) is 0 Å². The highest BCUT2D eigenvalue weighted by atomic mass is 35.5. The molecular weight excluding hydrogens is 265 g/mol. The van der Waals surface area contributed by atoms with Crippen molar-refractivity contribution in [1.82, 2.24) is 4.90 Å². The lowest BCUT2D eigenvalue weighted by atomic mass is 9.91. The third-order valence-electron chi connectivity index (χ3n) is 2.76. The van der Waals surface area contributed by atoms with E-state index in [2.05, 4.69) is 0 Å². The molecule has 1 unspecified atom stereocenters. The molecule has 4 nitrogen and oxygen atoms in total. The Morgan fingerprint density at radius 3 is 2.53 bits per heavy atom. The molecule has 0 fully saturated rings. The summed E-state index contributed by atoms with van der Waals surface area (Å²) in [6.07, 6.45) is 0.436. The third kappa shape index (κ3) is 2.23. The molecule has 0 heterocycles. The van der Waals surface area contributed by atoms with Gasteiger partial charge in [-0.05, 0) is 13.0 Å². The second-order valence-electron chi connectivity index (χ2n) is 3.70. The Hall–Kier alpha value is -1.26. The number of carboxylic acids is 1. The van der Waals surface area contributed by atoms with E-state index in [1.165, 1.54) is 20.0 Å². The summed E-state index contributed by atoms with van der Waals surface area (Å²) in [5.74, 6) is -1.18. The average Bonchev–Trinajstić information content (AvgIpc) is 2.30. The monoisotopic (exact) mass is 275 g/mol. The standard InChI is InChI=1S/C11H11Cl2NO3/c1-11(10(16)17,14(2)6-15)7-4-3-5-8(12)9(7)13/h3-6H,1-2H3,(H,16,17). The summed E-state index contributed by atoms with van der Waals surface area (Å²) in [6, 6.07) is 4.67. The minimum atomic E-state index is -1.55. The Kier molecular flexibility index (Phi) is 4.01. The van der Waals surface area contributed by atoms with Gasteiger partial charge in [-0.1, -0.05) is 35.3 Å². The number of aliphatic carboxylic acids is 1. The molecule has 0 spiro atoms. The van der Waals surface area contributed by atoms with Crippen molar-refractivity contribution in [3.05, 3.63) is 33.8 Å². The van der Waals surface area contributed by atoms with Crippen LogP contribution in [0.25, 0.3) is 0 Å².